The first-order chi connectivity index (χ1) is 8.69. The van der Waals surface area contributed by atoms with Gasteiger partial charge in [0.25, 0.3) is 0 Å². The lowest BCUT2D eigenvalue weighted by Gasteiger charge is -2.30. The molecule has 1 fully saturated rings. The SMILES string of the molecule is CCOc1cc(CN2CCC[C@@H](N)C2)ccc1O. The van der Waals surface area contributed by atoms with E-state index in [9.17, 15) is 5.11 Å². The first-order valence-corrected chi connectivity index (χ1v) is 6.61. The summed E-state index contributed by atoms with van der Waals surface area (Å²) in [4.78, 5) is 2.36. The molecule has 0 saturated carbocycles. The lowest BCUT2D eigenvalue weighted by atomic mass is 10.1. The van der Waals surface area contributed by atoms with Gasteiger partial charge in [-0.25, -0.2) is 0 Å². The van der Waals surface area contributed by atoms with Crippen LogP contribution in [0, 0.1) is 0 Å². The van der Waals surface area contributed by atoms with E-state index in [1.165, 1.54) is 0 Å². The van der Waals surface area contributed by atoms with Crippen molar-refractivity contribution in [2.45, 2.75) is 32.4 Å². The van der Waals surface area contributed by atoms with Gasteiger partial charge in [-0.1, -0.05) is 6.07 Å². The van der Waals surface area contributed by atoms with Crippen LogP contribution in [0.5, 0.6) is 11.5 Å². The van der Waals surface area contributed by atoms with Crippen LogP contribution in [-0.2, 0) is 6.54 Å². The van der Waals surface area contributed by atoms with Crippen molar-refractivity contribution >= 4 is 0 Å². The molecule has 4 heteroatoms. The number of hydrogen-bond donors (Lipinski definition) is 2. The van der Waals surface area contributed by atoms with Crippen LogP contribution in [0.15, 0.2) is 18.2 Å². The van der Waals surface area contributed by atoms with E-state index < -0.39 is 0 Å². The molecule has 18 heavy (non-hydrogen) atoms. The van der Waals surface area contributed by atoms with E-state index in [-0.39, 0.29) is 5.75 Å². The van der Waals surface area contributed by atoms with Crippen LogP contribution in [0.3, 0.4) is 0 Å². The summed E-state index contributed by atoms with van der Waals surface area (Å²) in [7, 11) is 0. The monoisotopic (exact) mass is 250 g/mol. The molecule has 2 rings (SSSR count). The van der Waals surface area contributed by atoms with Crippen molar-refractivity contribution < 1.29 is 9.84 Å². The number of nitrogens with zero attached hydrogens (tertiary/aromatic N) is 1. The molecule has 0 amide bonds. The van der Waals surface area contributed by atoms with E-state index in [0.29, 0.717) is 18.4 Å². The van der Waals surface area contributed by atoms with Crippen molar-refractivity contribution in [3.05, 3.63) is 23.8 Å². The summed E-state index contributed by atoms with van der Waals surface area (Å²) in [6.45, 7) is 5.39. The predicted octanol–water partition coefficient (Wildman–Crippen LogP) is 1.71. The van der Waals surface area contributed by atoms with Gasteiger partial charge in [-0.2, -0.15) is 0 Å². The minimum Gasteiger partial charge on any atom is -0.504 e. The third-order valence-corrected chi connectivity index (χ3v) is 3.27. The van der Waals surface area contributed by atoms with Gasteiger partial charge in [0.1, 0.15) is 0 Å². The summed E-state index contributed by atoms with van der Waals surface area (Å²) in [5, 5.41) is 9.66. The highest BCUT2D eigenvalue weighted by atomic mass is 16.5. The van der Waals surface area contributed by atoms with E-state index in [0.717, 1.165) is 38.0 Å². The summed E-state index contributed by atoms with van der Waals surface area (Å²) in [5.41, 5.74) is 7.13. The Morgan fingerprint density at radius 3 is 3.06 bits per heavy atom. The molecule has 0 aliphatic carbocycles. The van der Waals surface area contributed by atoms with Crippen molar-refractivity contribution in [1.29, 1.82) is 0 Å². The summed E-state index contributed by atoms with van der Waals surface area (Å²) in [5.74, 6) is 0.771. The number of aromatic hydroxyl groups is 1. The fourth-order valence-electron chi connectivity index (χ4n) is 2.42. The van der Waals surface area contributed by atoms with E-state index in [1.807, 2.05) is 19.1 Å². The van der Waals surface area contributed by atoms with Crippen molar-refractivity contribution in [2.75, 3.05) is 19.7 Å². The number of benzene rings is 1. The highest BCUT2D eigenvalue weighted by Crippen LogP contribution is 2.27. The predicted molar refractivity (Wildman–Crippen MR) is 71.8 cm³/mol. The molecular weight excluding hydrogens is 228 g/mol. The van der Waals surface area contributed by atoms with Crippen molar-refractivity contribution in [2.24, 2.45) is 5.73 Å². The van der Waals surface area contributed by atoms with E-state index in [1.54, 1.807) is 6.07 Å². The smallest absolute Gasteiger partial charge is 0.161 e. The molecule has 100 valence electrons. The fourth-order valence-corrected chi connectivity index (χ4v) is 2.42. The lowest BCUT2D eigenvalue weighted by Crippen LogP contribution is -2.42. The highest BCUT2D eigenvalue weighted by molar-refractivity contribution is 5.41. The Morgan fingerprint density at radius 2 is 2.33 bits per heavy atom. The summed E-state index contributed by atoms with van der Waals surface area (Å²) in [6, 6.07) is 5.85. The Labute approximate surface area is 108 Å². The van der Waals surface area contributed by atoms with Crippen molar-refractivity contribution in [3.63, 3.8) is 0 Å². The van der Waals surface area contributed by atoms with Crippen molar-refractivity contribution in [1.82, 2.24) is 4.90 Å². The highest BCUT2D eigenvalue weighted by Gasteiger charge is 2.17. The molecule has 0 spiro atoms. The molecule has 1 heterocycles. The zero-order chi connectivity index (χ0) is 13.0. The number of ether oxygens (including phenoxy) is 1. The number of piperidine rings is 1. The second-order valence-corrected chi connectivity index (χ2v) is 4.87. The van der Waals surface area contributed by atoms with Crippen LogP contribution in [0.4, 0.5) is 0 Å². The van der Waals surface area contributed by atoms with Crippen LogP contribution in [0.25, 0.3) is 0 Å². The summed E-state index contributed by atoms with van der Waals surface area (Å²) < 4.78 is 5.39. The Bertz CT molecular complexity index is 395. The maximum absolute atomic E-state index is 9.66. The number of likely N-dealkylation sites (tertiary alicyclic amines) is 1. The van der Waals surface area contributed by atoms with Crippen LogP contribution in [0.2, 0.25) is 0 Å². The largest absolute Gasteiger partial charge is 0.504 e. The molecule has 0 bridgehead atoms. The molecule has 4 nitrogen and oxygen atoms in total. The molecule has 0 aromatic heterocycles. The standard InChI is InChI=1S/C14H22N2O2/c1-2-18-14-8-11(5-6-13(14)17)9-16-7-3-4-12(15)10-16/h5-6,8,12,17H,2-4,7,9-10,15H2,1H3/t12-/m1/s1. The normalized spacial score (nSPS) is 20.9. The molecule has 3 N–H and O–H groups in total. The Kier molecular flexibility index (Phi) is 4.44. The molecule has 1 aliphatic rings. The lowest BCUT2D eigenvalue weighted by molar-refractivity contribution is 0.201. The number of hydrogen-bond acceptors (Lipinski definition) is 4. The van der Waals surface area contributed by atoms with Gasteiger partial charge in [-0.3, -0.25) is 4.90 Å². The first-order valence-electron chi connectivity index (χ1n) is 6.61. The molecule has 0 unspecified atom stereocenters. The van der Waals surface area contributed by atoms with Crippen LogP contribution < -0.4 is 10.5 Å². The van der Waals surface area contributed by atoms with Gasteiger partial charge < -0.3 is 15.6 Å². The van der Waals surface area contributed by atoms with E-state index >= 15 is 0 Å². The molecule has 1 aromatic carbocycles. The first kappa shape index (κ1) is 13.2. The van der Waals surface area contributed by atoms with Gasteiger partial charge in [-0.15, -0.1) is 0 Å². The maximum Gasteiger partial charge on any atom is 0.161 e. The zero-order valence-corrected chi connectivity index (χ0v) is 10.9. The number of phenols is 1. The van der Waals surface area contributed by atoms with Gasteiger partial charge in [0.05, 0.1) is 6.61 Å². The Morgan fingerprint density at radius 1 is 1.50 bits per heavy atom. The summed E-state index contributed by atoms with van der Waals surface area (Å²) >= 11 is 0. The van der Waals surface area contributed by atoms with Gasteiger partial charge >= 0.3 is 0 Å². The Balaban J connectivity index is 2.02. The molecular formula is C14H22N2O2. The molecule has 1 saturated heterocycles. The minimum atomic E-state index is 0.205. The van der Waals surface area contributed by atoms with Gasteiger partial charge in [-0.05, 0) is 44.0 Å². The van der Waals surface area contributed by atoms with Crippen LogP contribution in [-0.4, -0.2) is 35.7 Å². The molecule has 1 aliphatic heterocycles. The van der Waals surface area contributed by atoms with E-state index in [4.69, 9.17) is 10.5 Å². The second kappa shape index (κ2) is 6.07. The molecule has 1 aromatic rings. The maximum atomic E-state index is 9.66. The van der Waals surface area contributed by atoms with Crippen LogP contribution in [0.1, 0.15) is 25.3 Å². The number of nitrogens with two attached hydrogens (primary N) is 1. The number of rotatable bonds is 4. The van der Waals surface area contributed by atoms with Crippen molar-refractivity contribution in [3.8, 4) is 11.5 Å². The minimum absolute atomic E-state index is 0.205. The van der Waals surface area contributed by atoms with Gasteiger partial charge in [0, 0.05) is 19.1 Å². The molecule has 0 radical (unpaired) electrons. The van der Waals surface area contributed by atoms with Crippen LogP contribution >= 0.6 is 0 Å². The van der Waals surface area contributed by atoms with E-state index in [2.05, 4.69) is 4.90 Å². The fraction of sp³-hybridized carbons (Fsp3) is 0.571. The van der Waals surface area contributed by atoms with Gasteiger partial charge in [0.2, 0.25) is 0 Å². The summed E-state index contributed by atoms with van der Waals surface area (Å²) in [6.07, 6.45) is 2.29. The topological polar surface area (TPSA) is 58.7 Å². The third-order valence-electron chi connectivity index (χ3n) is 3.27. The average Bonchev–Trinajstić information content (AvgIpc) is 2.34. The quantitative estimate of drug-likeness (QED) is 0.854. The molecule has 1 atom stereocenters. The van der Waals surface area contributed by atoms with Gasteiger partial charge in [0.15, 0.2) is 11.5 Å². The third kappa shape index (κ3) is 3.37. The Hall–Kier alpha value is -1.26. The second-order valence-electron chi connectivity index (χ2n) is 4.87. The number of phenolic OH excluding ortho intramolecular Hbond substituents is 1. The zero-order valence-electron chi connectivity index (χ0n) is 10.9. The average molecular weight is 250 g/mol.